The number of piperazine rings is 1. The predicted octanol–water partition coefficient (Wildman–Crippen LogP) is 1.26. The van der Waals surface area contributed by atoms with Gasteiger partial charge in [0.05, 0.1) is 13.2 Å². The fourth-order valence-electron chi connectivity index (χ4n) is 2.31. The first kappa shape index (κ1) is 14.0. The van der Waals surface area contributed by atoms with E-state index in [4.69, 9.17) is 4.74 Å². The van der Waals surface area contributed by atoms with Crippen LogP contribution in [-0.2, 0) is 0 Å². The highest BCUT2D eigenvalue weighted by atomic mass is 19.1. The molecule has 0 amide bonds. The average Bonchev–Trinajstić information content (AvgIpc) is 2.40. The van der Waals surface area contributed by atoms with Gasteiger partial charge in [-0.3, -0.25) is 9.69 Å². The quantitative estimate of drug-likeness (QED) is 0.771. The fourth-order valence-corrected chi connectivity index (χ4v) is 2.31. The van der Waals surface area contributed by atoms with Gasteiger partial charge >= 0.3 is 0 Å². The Balaban J connectivity index is 2.21. The van der Waals surface area contributed by atoms with Gasteiger partial charge in [-0.15, -0.1) is 0 Å². The summed E-state index contributed by atoms with van der Waals surface area (Å²) in [4.78, 5) is 16.6. The van der Waals surface area contributed by atoms with E-state index in [1.54, 1.807) is 6.07 Å². The van der Waals surface area contributed by atoms with Gasteiger partial charge in [0.15, 0.2) is 17.3 Å². The zero-order valence-corrected chi connectivity index (χ0v) is 11.5. The van der Waals surface area contributed by atoms with Crippen LogP contribution in [0.25, 0.3) is 0 Å². The van der Waals surface area contributed by atoms with E-state index in [0.717, 1.165) is 13.1 Å². The molecule has 19 heavy (non-hydrogen) atoms. The molecular weight excluding hydrogens is 247 g/mol. The Hall–Kier alpha value is -1.46. The van der Waals surface area contributed by atoms with E-state index in [9.17, 15) is 9.18 Å². The van der Waals surface area contributed by atoms with Gasteiger partial charge in [0.2, 0.25) is 0 Å². The van der Waals surface area contributed by atoms with Crippen molar-refractivity contribution < 1.29 is 13.9 Å². The third kappa shape index (κ3) is 2.93. The van der Waals surface area contributed by atoms with Crippen molar-refractivity contribution in [1.82, 2.24) is 9.80 Å². The Kier molecular flexibility index (Phi) is 4.17. The van der Waals surface area contributed by atoms with E-state index < -0.39 is 5.82 Å². The van der Waals surface area contributed by atoms with E-state index in [1.165, 1.54) is 19.2 Å². The van der Waals surface area contributed by atoms with Crippen molar-refractivity contribution >= 4 is 5.78 Å². The van der Waals surface area contributed by atoms with Crippen molar-refractivity contribution in [3.63, 3.8) is 0 Å². The second-order valence-corrected chi connectivity index (χ2v) is 4.97. The Morgan fingerprint density at radius 2 is 2.11 bits per heavy atom. The SMILES string of the molecule is COc1ccc(C(=O)C2CN(C)CCN2C)cc1F. The van der Waals surface area contributed by atoms with Crippen LogP contribution in [0.15, 0.2) is 18.2 Å². The van der Waals surface area contributed by atoms with Crippen molar-refractivity contribution in [3.05, 3.63) is 29.6 Å². The zero-order chi connectivity index (χ0) is 14.0. The molecule has 0 aromatic heterocycles. The number of ether oxygens (including phenoxy) is 1. The lowest BCUT2D eigenvalue weighted by Gasteiger charge is -2.36. The van der Waals surface area contributed by atoms with Gasteiger partial charge in [-0.2, -0.15) is 0 Å². The summed E-state index contributed by atoms with van der Waals surface area (Å²) in [6.45, 7) is 2.45. The number of hydrogen-bond acceptors (Lipinski definition) is 4. The molecule has 1 aromatic rings. The highest BCUT2D eigenvalue weighted by molar-refractivity contribution is 6.00. The molecule has 1 aliphatic heterocycles. The maximum Gasteiger partial charge on any atom is 0.181 e. The Morgan fingerprint density at radius 1 is 1.37 bits per heavy atom. The second-order valence-electron chi connectivity index (χ2n) is 4.97. The highest BCUT2D eigenvalue weighted by Gasteiger charge is 2.29. The molecule has 104 valence electrons. The molecule has 0 radical (unpaired) electrons. The minimum Gasteiger partial charge on any atom is -0.494 e. The Bertz CT molecular complexity index is 479. The molecule has 5 heteroatoms. The summed E-state index contributed by atoms with van der Waals surface area (Å²) in [6, 6.07) is 4.15. The van der Waals surface area contributed by atoms with E-state index in [0.29, 0.717) is 12.1 Å². The molecule has 4 nitrogen and oxygen atoms in total. The summed E-state index contributed by atoms with van der Waals surface area (Å²) < 4.78 is 18.5. The first-order valence-corrected chi connectivity index (χ1v) is 6.29. The van der Waals surface area contributed by atoms with Crippen LogP contribution in [-0.4, -0.2) is 62.5 Å². The number of carbonyl (C=O) groups excluding carboxylic acids is 1. The molecule has 1 heterocycles. The number of rotatable bonds is 3. The molecule has 0 aliphatic carbocycles. The number of benzene rings is 1. The highest BCUT2D eigenvalue weighted by Crippen LogP contribution is 2.20. The normalized spacial score (nSPS) is 21.4. The summed E-state index contributed by atoms with van der Waals surface area (Å²) >= 11 is 0. The molecular formula is C14H19FN2O2. The summed E-state index contributed by atoms with van der Waals surface area (Å²) in [5.41, 5.74) is 0.394. The molecule has 0 N–H and O–H groups in total. The summed E-state index contributed by atoms with van der Waals surface area (Å²) in [5.74, 6) is -0.388. The van der Waals surface area contributed by atoms with Crippen LogP contribution in [0.3, 0.4) is 0 Å². The van der Waals surface area contributed by atoms with Gasteiger partial charge in [-0.25, -0.2) is 4.39 Å². The van der Waals surface area contributed by atoms with Crippen LogP contribution in [0.2, 0.25) is 0 Å². The predicted molar refractivity (Wildman–Crippen MR) is 71.2 cm³/mol. The van der Waals surface area contributed by atoms with Crippen LogP contribution < -0.4 is 4.74 Å². The van der Waals surface area contributed by atoms with Crippen LogP contribution in [0.5, 0.6) is 5.75 Å². The lowest BCUT2D eigenvalue weighted by Crippen LogP contribution is -2.53. The summed E-state index contributed by atoms with van der Waals surface area (Å²) in [6.07, 6.45) is 0. The van der Waals surface area contributed by atoms with E-state index in [-0.39, 0.29) is 17.6 Å². The molecule has 1 atom stereocenters. The summed E-state index contributed by atoms with van der Waals surface area (Å²) in [7, 11) is 5.32. The lowest BCUT2D eigenvalue weighted by atomic mass is 10.0. The van der Waals surface area contributed by atoms with Crippen LogP contribution >= 0.6 is 0 Å². The number of likely N-dealkylation sites (N-methyl/N-ethyl adjacent to an activating group) is 2. The third-order valence-corrected chi connectivity index (χ3v) is 3.59. The number of hydrogen-bond donors (Lipinski definition) is 0. The molecule has 0 spiro atoms. The molecule has 0 saturated carbocycles. The standard InChI is InChI=1S/C14H19FN2O2/c1-16-6-7-17(2)12(9-16)14(18)10-4-5-13(19-3)11(15)8-10/h4-5,8,12H,6-7,9H2,1-3H3. The fraction of sp³-hybridized carbons (Fsp3) is 0.500. The smallest absolute Gasteiger partial charge is 0.181 e. The number of ketones is 1. The van der Waals surface area contributed by atoms with Crippen molar-refractivity contribution in [2.45, 2.75) is 6.04 Å². The van der Waals surface area contributed by atoms with E-state index >= 15 is 0 Å². The number of carbonyl (C=O) groups is 1. The third-order valence-electron chi connectivity index (χ3n) is 3.59. The van der Waals surface area contributed by atoms with E-state index in [1.807, 2.05) is 19.0 Å². The van der Waals surface area contributed by atoms with Crippen LogP contribution in [0.4, 0.5) is 4.39 Å². The maximum absolute atomic E-state index is 13.7. The molecule has 0 bridgehead atoms. The Labute approximate surface area is 112 Å². The largest absolute Gasteiger partial charge is 0.494 e. The second kappa shape index (κ2) is 5.67. The first-order valence-electron chi connectivity index (χ1n) is 6.29. The van der Waals surface area contributed by atoms with Gasteiger partial charge in [0, 0.05) is 25.2 Å². The van der Waals surface area contributed by atoms with Gasteiger partial charge in [0.25, 0.3) is 0 Å². The van der Waals surface area contributed by atoms with Crippen molar-refractivity contribution in [2.75, 3.05) is 40.8 Å². The zero-order valence-electron chi connectivity index (χ0n) is 11.5. The maximum atomic E-state index is 13.7. The lowest BCUT2D eigenvalue weighted by molar-refractivity contribution is 0.0686. The van der Waals surface area contributed by atoms with Crippen molar-refractivity contribution in [2.24, 2.45) is 0 Å². The molecule has 1 aliphatic rings. The van der Waals surface area contributed by atoms with Crippen LogP contribution in [0.1, 0.15) is 10.4 Å². The summed E-state index contributed by atoms with van der Waals surface area (Å²) in [5, 5.41) is 0. The molecule has 1 aromatic carbocycles. The number of halogens is 1. The minimum absolute atomic E-state index is 0.0457. The van der Waals surface area contributed by atoms with Crippen LogP contribution in [0, 0.1) is 5.82 Å². The first-order chi connectivity index (χ1) is 9.02. The van der Waals surface area contributed by atoms with Gasteiger partial charge in [0.1, 0.15) is 0 Å². The Morgan fingerprint density at radius 3 is 2.74 bits per heavy atom. The molecule has 1 fully saturated rings. The van der Waals surface area contributed by atoms with Gasteiger partial charge in [-0.05, 0) is 32.3 Å². The number of Topliss-reactive ketones (excluding diaryl/α,β-unsaturated/α-hetero) is 1. The molecule has 1 unspecified atom stereocenters. The minimum atomic E-state index is -0.500. The molecule has 1 saturated heterocycles. The topological polar surface area (TPSA) is 32.8 Å². The van der Waals surface area contributed by atoms with Gasteiger partial charge < -0.3 is 9.64 Å². The van der Waals surface area contributed by atoms with E-state index in [2.05, 4.69) is 4.90 Å². The monoisotopic (exact) mass is 266 g/mol. The number of nitrogens with zero attached hydrogens (tertiary/aromatic N) is 2. The van der Waals surface area contributed by atoms with Crippen molar-refractivity contribution in [3.8, 4) is 5.75 Å². The van der Waals surface area contributed by atoms with Crippen molar-refractivity contribution in [1.29, 1.82) is 0 Å². The van der Waals surface area contributed by atoms with Gasteiger partial charge in [-0.1, -0.05) is 0 Å². The number of methoxy groups -OCH3 is 1. The molecule has 2 rings (SSSR count). The average molecular weight is 266 g/mol.